The van der Waals surface area contributed by atoms with Crippen molar-refractivity contribution in [2.24, 2.45) is 5.92 Å². The molecule has 0 aliphatic carbocycles. The summed E-state index contributed by atoms with van der Waals surface area (Å²) >= 11 is 1.90. The van der Waals surface area contributed by atoms with E-state index in [1.54, 1.807) is 7.11 Å². The Morgan fingerprint density at radius 2 is 1.04 bits per heavy atom. The lowest BCUT2D eigenvalue weighted by atomic mass is 10.0. The largest absolute Gasteiger partial charge is 0.465 e. The Morgan fingerprint density at radius 3 is 1.60 bits per heavy atom. The first-order valence-electron chi connectivity index (χ1n) is 22.6. The SMILES string of the molecule is CCCCCCCCSCC(C)C(=O)OCCCCCN(CCCCCCCC(=O)OC(CCCCCCCC)CCCCCCCC)CCOC. The first kappa shape index (κ1) is 51.2. The van der Waals surface area contributed by atoms with Crippen molar-refractivity contribution < 1.29 is 23.8 Å². The van der Waals surface area contributed by atoms with E-state index in [1.807, 2.05) is 18.7 Å². The standard InChI is InChI=1S/C45H89NO5S/c1-6-9-12-15-19-25-32-43(33-26-20-16-13-10-7-2)51-44(47)34-27-21-18-22-28-35-46(37-39-49-5)36-29-24-30-38-50-45(48)42(4)41-52-40-31-23-17-14-11-8-3/h42-43H,6-41H2,1-5H3. The number of carbonyl (C=O) groups is 2. The molecule has 7 heteroatoms. The van der Waals surface area contributed by atoms with Gasteiger partial charge in [0.05, 0.1) is 19.1 Å². The normalized spacial score (nSPS) is 12.2. The van der Waals surface area contributed by atoms with Gasteiger partial charge in [0.2, 0.25) is 0 Å². The third-order valence-corrected chi connectivity index (χ3v) is 11.6. The molecule has 0 saturated carbocycles. The molecule has 0 saturated heterocycles. The summed E-state index contributed by atoms with van der Waals surface area (Å²) in [5.74, 6) is 1.99. The minimum absolute atomic E-state index is 0.0183. The molecular formula is C45H89NO5S. The van der Waals surface area contributed by atoms with Gasteiger partial charge in [0.1, 0.15) is 6.10 Å². The van der Waals surface area contributed by atoms with Gasteiger partial charge < -0.3 is 19.1 Å². The molecule has 0 aromatic rings. The average molecular weight is 756 g/mol. The van der Waals surface area contributed by atoms with Crippen LogP contribution in [-0.2, 0) is 23.8 Å². The molecule has 0 aliphatic heterocycles. The van der Waals surface area contributed by atoms with Crippen LogP contribution in [0.25, 0.3) is 0 Å². The van der Waals surface area contributed by atoms with Crippen molar-refractivity contribution in [3.8, 4) is 0 Å². The molecule has 52 heavy (non-hydrogen) atoms. The van der Waals surface area contributed by atoms with Crippen LogP contribution in [0.5, 0.6) is 0 Å². The molecule has 0 bridgehead atoms. The summed E-state index contributed by atoms with van der Waals surface area (Å²) in [6, 6.07) is 0. The number of thioether (sulfide) groups is 1. The van der Waals surface area contributed by atoms with E-state index < -0.39 is 0 Å². The van der Waals surface area contributed by atoms with Crippen LogP contribution < -0.4 is 0 Å². The maximum absolute atomic E-state index is 12.7. The maximum atomic E-state index is 12.7. The number of rotatable bonds is 42. The van der Waals surface area contributed by atoms with Gasteiger partial charge in [-0.15, -0.1) is 0 Å². The van der Waals surface area contributed by atoms with E-state index in [0.29, 0.717) is 13.0 Å². The number of esters is 2. The number of methoxy groups -OCH3 is 1. The quantitative estimate of drug-likeness (QED) is 0.0454. The number of nitrogens with zero attached hydrogens (tertiary/aromatic N) is 1. The summed E-state index contributed by atoms with van der Waals surface area (Å²) in [5.41, 5.74) is 0. The summed E-state index contributed by atoms with van der Waals surface area (Å²) in [4.78, 5) is 27.6. The molecule has 0 radical (unpaired) electrons. The first-order chi connectivity index (χ1) is 25.5. The Bertz CT molecular complexity index is 737. The topological polar surface area (TPSA) is 65.1 Å². The predicted molar refractivity (Wildman–Crippen MR) is 227 cm³/mol. The van der Waals surface area contributed by atoms with Crippen LogP contribution in [0.2, 0.25) is 0 Å². The molecule has 0 spiro atoms. The number of hydrogen-bond donors (Lipinski definition) is 0. The van der Waals surface area contributed by atoms with Gasteiger partial charge >= 0.3 is 11.9 Å². The smallest absolute Gasteiger partial charge is 0.309 e. The van der Waals surface area contributed by atoms with Crippen LogP contribution in [0.1, 0.15) is 214 Å². The molecular weight excluding hydrogens is 667 g/mol. The molecule has 310 valence electrons. The minimum Gasteiger partial charge on any atom is -0.465 e. The Hall–Kier alpha value is -0.790. The second-order valence-electron chi connectivity index (χ2n) is 15.5. The van der Waals surface area contributed by atoms with Gasteiger partial charge in [0.25, 0.3) is 0 Å². The molecule has 1 unspecified atom stereocenters. The maximum Gasteiger partial charge on any atom is 0.309 e. The first-order valence-corrected chi connectivity index (χ1v) is 23.8. The summed E-state index contributed by atoms with van der Waals surface area (Å²) in [6.45, 7) is 13.2. The Labute approximate surface area is 328 Å². The predicted octanol–water partition coefficient (Wildman–Crippen LogP) is 13.1. The third-order valence-electron chi connectivity index (χ3n) is 10.3. The molecule has 6 nitrogen and oxygen atoms in total. The fraction of sp³-hybridized carbons (Fsp3) is 0.956. The molecule has 0 heterocycles. The van der Waals surface area contributed by atoms with Crippen LogP contribution in [0.3, 0.4) is 0 Å². The van der Waals surface area contributed by atoms with Crippen LogP contribution in [-0.4, -0.2) is 74.4 Å². The highest BCUT2D eigenvalue weighted by Crippen LogP contribution is 2.19. The molecule has 0 aromatic carbocycles. The van der Waals surface area contributed by atoms with Gasteiger partial charge in [-0.2, -0.15) is 11.8 Å². The number of hydrogen-bond acceptors (Lipinski definition) is 7. The summed E-state index contributed by atoms with van der Waals surface area (Å²) in [7, 11) is 1.77. The van der Waals surface area contributed by atoms with E-state index in [2.05, 4.69) is 25.7 Å². The molecule has 0 aromatic heterocycles. The van der Waals surface area contributed by atoms with Crippen molar-refractivity contribution in [3.05, 3.63) is 0 Å². The molecule has 1 atom stereocenters. The zero-order valence-electron chi connectivity index (χ0n) is 35.5. The Balaban J connectivity index is 4.10. The molecule has 0 N–H and O–H groups in total. The van der Waals surface area contributed by atoms with Crippen molar-refractivity contribution in [1.82, 2.24) is 4.90 Å². The Morgan fingerprint density at radius 1 is 0.558 bits per heavy atom. The molecule has 0 rings (SSSR count). The average Bonchev–Trinajstić information content (AvgIpc) is 3.14. The van der Waals surface area contributed by atoms with E-state index in [0.717, 1.165) is 82.7 Å². The second-order valence-corrected chi connectivity index (χ2v) is 16.7. The lowest BCUT2D eigenvalue weighted by molar-refractivity contribution is -0.150. The monoisotopic (exact) mass is 756 g/mol. The molecule has 0 fully saturated rings. The molecule has 0 amide bonds. The van der Waals surface area contributed by atoms with Crippen molar-refractivity contribution >= 4 is 23.7 Å². The molecule has 0 aliphatic rings. The fourth-order valence-electron chi connectivity index (χ4n) is 6.74. The van der Waals surface area contributed by atoms with Crippen molar-refractivity contribution in [3.63, 3.8) is 0 Å². The second kappa shape index (κ2) is 41.4. The zero-order valence-corrected chi connectivity index (χ0v) is 36.3. The van der Waals surface area contributed by atoms with Gasteiger partial charge in [0.15, 0.2) is 0 Å². The van der Waals surface area contributed by atoms with Crippen molar-refractivity contribution in [1.29, 1.82) is 0 Å². The summed E-state index contributed by atoms with van der Waals surface area (Å²) in [5, 5.41) is 0. The number of unbranched alkanes of at least 4 members (excludes halogenated alkanes) is 21. The lowest BCUT2D eigenvalue weighted by Crippen LogP contribution is -2.29. The van der Waals surface area contributed by atoms with Crippen LogP contribution >= 0.6 is 11.8 Å². The van der Waals surface area contributed by atoms with Crippen molar-refractivity contribution in [2.75, 3.05) is 51.5 Å². The highest BCUT2D eigenvalue weighted by Gasteiger charge is 2.15. The van der Waals surface area contributed by atoms with Gasteiger partial charge in [-0.3, -0.25) is 9.59 Å². The zero-order chi connectivity index (χ0) is 38.2. The summed E-state index contributed by atoms with van der Waals surface area (Å²) in [6.07, 6.45) is 34.8. The summed E-state index contributed by atoms with van der Waals surface area (Å²) < 4.78 is 17.0. The van der Waals surface area contributed by atoms with E-state index in [9.17, 15) is 9.59 Å². The van der Waals surface area contributed by atoms with Gasteiger partial charge in [-0.05, 0) is 83.1 Å². The van der Waals surface area contributed by atoms with E-state index in [1.165, 1.54) is 135 Å². The van der Waals surface area contributed by atoms with Crippen LogP contribution in [0.15, 0.2) is 0 Å². The van der Waals surface area contributed by atoms with Gasteiger partial charge in [-0.1, -0.05) is 143 Å². The number of carbonyl (C=O) groups excluding carboxylic acids is 2. The van der Waals surface area contributed by atoms with E-state index in [-0.39, 0.29) is 24.0 Å². The lowest BCUT2D eigenvalue weighted by Gasteiger charge is -2.22. The van der Waals surface area contributed by atoms with Gasteiger partial charge in [-0.25, -0.2) is 0 Å². The minimum atomic E-state index is -0.0368. The van der Waals surface area contributed by atoms with E-state index >= 15 is 0 Å². The fourth-order valence-corrected chi connectivity index (χ4v) is 7.81. The van der Waals surface area contributed by atoms with E-state index in [4.69, 9.17) is 14.2 Å². The Kier molecular flexibility index (Phi) is 40.7. The highest BCUT2D eigenvalue weighted by atomic mass is 32.2. The van der Waals surface area contributed by atoms with Gasteiger partial charge in [0, 0.05) is 25.8 Å². The van der Waals surface area contributed by atoms with Crippen molar-refractivity contribution in [2.45, 2.75) is 220 Å². The highest BCUT2D eigenvalue weighted by molar-refractivity contribution is 7.99. The number of ether oxygens (including phenoxy) is 3. The third kappa shape index (κ3) is 36.2. The van der Waals surface area contributed by atoms with Crippen LogP contribution in [0.4, 0.5) is 0 Å². The van der Waals surface area contributed by atoms with Crippen LogP contribution in [0, 0.1) is 5.92 Å².